The molecule has 1 unspecified atom stereocenters. The van der Waals surface area contributed by atoms with Crippen molar-refractivity contribution in [2.45, 2.75) is 30.3 Å². The minimum atomic E-state index is -3.55. The number of amides is 1. The SMILES string of the molecule is Cn1cc(S(=O)(=O)N2CCCN(C(=O)C3CCCO3)CC2)cn1. The number of sulfonamides is 1. The molecule has 0 spiro atoms. The first-order valence-electron chi connectivity index (χ1n) is 7.87. The van der Waals surface area contributed by atoms with E-state index in [2.05, 4.69) is 5.10 Å². The van der Waals surface area contributed by atoms with Crippen LogP contribution in [0.1, 0.15) is 19.3 Å². The van der Waals surface area contributed by atoms with E-state index in [1.165, 1.54) is 21.4 Å². The second kappa shape index (κ2) is 6.58. The Morgan fingerprint density at radius 3 is 2.74 bits per heavy atom. The highest BCUT2D eigenvalue weighted by Crippen LogP contribution is 2.19. The summed E-state index contributed by atoms with van der Waals surface area (Å²) in [7, 11) is -1.87. The van der Waals surface area contributed by atoms with Crippen LogP contribution in [0, 0.1) is 0 Å². The van der Waals surface area contributed by atoms with E-state index >= 15 is 0 Å². The number of hydrogen-bond acceptors (Lipinski definition) is 5. The fourth-order valence-electron chi connectivity index (χ4n) is 3.01. The zero-order valence-electron chi connectivity index (χ0n) is 13.2. The summed E-state index contributed by atoms with van der Waals surface area (Å²) in [6, 6.07) is 0. The number of hydrogen-bond donors (Lipinski definition) is 0. The summed E-state index contributed by atoms with van der Waals surface area (Å²) in [5, 5.41) is 3.93. The molecule has 8 nitrogen and oxygen atoms in total. The van der Waals surface area contributed by atoms with Crippen molar-refractivity contribution < 1.29 is 17.9 Å². The Morgan fingerprint density at radius 2 is 2.09 bits per heavy atom. The normalized spacial score (nSPS) is 23.9. The highest BCUT2D eigenvalue weighted by atomic mass is 32.2. The maximum absolute atomic E-state index is 12.6. The van der Waals surface area contributed by atoms with E-state index in [1.807, 2.05) is 0 Å². The molecule has 23 heavy (non-hydrogen) atoms. The third-order valence-electron chi connectivity index (χ3n) is 4.29. The lowest BCUT2D eigenvalue weighted by Gasteiger charge is -2.23. The van der Waals surface area contributed by atoms with Crippen LogP contribution in [0.4, 0.5) is 0 Å². The first kappa shape index (κ1) is 16.4. The summed E-state index contributed by atoms with van der Waals surface area (Å²) in [4.78, 5) is 14.3. The summed E-state index contributed by atoms with van der Waals surface area (Å²) >= 11 is 0. The number of ether oxygens (including phenoxy) is 1. The number of carbonyl (C=O) groups excluding carboxylic acids is 1. The van der Waals surface area contributed by atoms with Crippen molar-refractivity contribution in [1.82, 2.24) is 19.0 Å². The molecule has 0 saturated carbocycles. The summed E-state index contributed by atoms with van der Waals surface area (Å²) in [6.07, 6.45) is 4.79. The molecule has 0 radical (unpaired) electrons. The quantitative estimate of drug-likeness (QED) is 0.761. The van der Waals surface area contributed by atoms with Gasteiger partial charge in [0.15, 0.2) is 0 Å². The van der Waals surface area contributed by atoms with Gasteiger partial charge in [0.1, 0.15) is 11.0 Å². The van der Waals surface area contributed by atoms with Crippen molar-refractivity contribution in [3.05, 3.63) is 12.4 Å². The third-order valence-corrected chi connectivity index (χ3v) is 6.14. The summed E-state index contributed by atoms with van der Waals surface area (Å²) in [5.74, 6) is -0.0110. The van der Waals surface area contributed by atoms with Crippen LogP contribution < -0.4 is 0 Å². The highest BCUT2D eigenvalue weighted by molar-refractivity contribution is 7.89. The molecule has 2 saturated heterocycles. The van der Waals surface area contributed by atoms with Crippen molar-refractivity contribution in [3.63, 3.8) is 0 Å². The summed E-state index contributed by atoms with van der Waals surface area (Å²) in [5.41, 5.74) is 0. The molecule has 1 amide bonds. The van der Waals surface area contributed by atoms with Crippen LogP contribution in [-0.2, 0) is 26.6 Å². The molecule has 0 N–H and O–H groups in total. The Labute approximate surface area is 136 Å². The smallest absolute Gasteiger partial charge is 0.251 e. The Bertz CT molecular complexity index is 666. The van der Waals surface area contributed by atoms with Gasteiger partial charge in [0.25, 0.3) is 5.91 Å². The van der Waals surface area contributed by atoms with Gasteiger partial charge in [-0.2, -0.15) is 9.40 Å². The number of aryl methyl sites for hydroxylation is 1. The maximum Gasteiger partial charge on any atom is 0.251 e. The molecule has 0 aromatic carbocycles. The maximum atomic E-state index is 12.6. The van der Waals surface area contributed by atoms with Crippen molar-refractivity contribution in [3.8, 4) is 0 Å². The molecule has 1 aromatic heterocycles. The van der Waals surface area contributed by atoms with E-state index in [4.69, 9.17) is 4.74 Å². The number of rotatable bonds is 3. The van der Waals surface area contributed by atoms with E-state index in [0.29, 0.717) is 39.2 Å². The number of carbonyl (C=O) groups is 1. The predicted octanol–water partition coefficient (Wildman–Crippen LogP) is -0.178. The van der Waals surface area contributed by atoms with Gasteiger partial charge >= 0.3 is 0 Å². The molecule has 2 aliphatic rings. The largest absolute Gasteiger partial charge is 0.368 e. The van der Waals surface area contributed by atoms with E-state index in [1.54, 1.807) is 11.9 Å². The average molecular weight is 342 g/mol. The zero-order valence-corrected chi connectivity index (χ0v) is 14.0. The Morgan fingerprint density at radius 1 is 1.26 bits per heavy atom. The molecule has 0 aliphatic carbocycles. The lowest BCUT2D eigenvalue weighted by atomic mass is 10.2. The summed E-state index contributed by atoms with van der Waals surface area (Å²) < 4.78 is 33.6. The topological polar surface area (TPSA) is 84.7 Å². The monoisotopic (exact) mass is 342 g/mol. The predicted molar refractivity (Wildman–Crippen MR) is 82.1 cm³/mol. The van der Waals surface area contributed by atoms with Crippen molar-refractivity contribution in [2.24, 2.45) is 7.05 Å². The highest BCUT2D eigenvalue weighted by Gasteiger charge is 2.32. The van der Waals surface area contributed by atoms with Crippen LogP contribution in [0.25, 0.3) is 0 Å². The molecule has 0 bridgehead atoms. The Kier molecular flexibility index (Phi) is 4.69. The lowest BCUT2D eigenvalue weighted by molar-refractivity contribution is -0.140. The molecule has 128 valence electrons. The van der Waals surface area contributed by atoms with E-state index < -0.39 is 10.0 Å². The molecule has 2 aliphatic heterocycles. The Balaban J connectivity index is 1.67. The molecular formula is C14H22N4O4S. The zero-order chi connectivity index (χ0) is 16.4. The van der Waals surface area contributed by atoms with Crippen molar-refractivity contribution in [2.75, 3.05) is 32.8 Å². The lowest BCUT2D eigenvalue weighted by Crippen LogP contribution is -2.41. The van der Waals surface area contributed by atoms with Crippen LogP contribution >= 0.6 is 0 Å². The fourth-order valence-corrected chi connectivity index (χ4v) is 4.47. The third kappa shape index (κ3) is 3.41. The average Bonchev–Trinajstić information content (AvgIpc) is 3.13. The van der Waals surface area contributed by atoms with Crippen LogP contribution in [-0.4, -0.2) is 72.2 Å². The Hall–Kier alpha value is -1.45. The van der Waals surface area contributed by atoms with Gasteiger partial charge in [-0.15, -0.1) is 0 Å². The van der Waals surface area contributed by atoms with Gasteiger partial charge in [0, 0.05) is 46.0 Å². The van der Waals surface area contributed by atoms with Gasteiger partial charge in [0.2, 0.25) is 10.0 Å². The standard InChI is InChI=1S/C14H22N4O4S/c1-16-11-12(10-15-16)23(20,21)18-6-3-5-17(7-8-18)14(19)13-4-2-9-22-13/h10-11,13H,2-9H2,1H3. The molecule has 2 fully saturated rings. The van der Waals surface area contributed by atoms with Gasteiger partial charge in [-0.05, 0) is 19.3 Å². The van der Waals surface area contributed by atoms with E-state index in [0.717, 1.165) is 12.8 Å². The van der Waals surface area contributed by atoms with Gasteiger partial charge < -0.3 is 9.64 Å². The molecule has 1 aromatic rings. The van der Waals surface area contributed by atoms with Crippen LogP contribution in [0.2, 0.25) is 0 Å². The molecule has 3 rings (SSSR count). The molecule has 3 heterocycles. The molecule has 9 heteroatoms. The molecular weight excluding hydrogens is 320 g/mol. The molecule has 1 atom stereocenters. The van der Waals surface area contributed by atoms with Crippen molar-refractivity contribution >= 4 is 15.9 Å². The summed E-state index contributed by atoms with van der Waals surface area (Å²) in [6.45, 7) is 2.31. The van der Waals surface area contributed by atoms with Gasteiger partial charge in [0.05, 0.1) is 6.20 Å². The van der Waals surface area contributed by atoms with Gasteiger partial charge in [-0.25, -0.2) is 8.42 Å². The second-order valence-electron chi connectivity index (χ2n) is 5.93. The first-order valence-corrected chi connectivity index (χ1v) is 9.31. The van der Waals surface area contributed by atoms with E-state index in [-0.39, 0.29) is 16.9 Å². The first-order chi connectivity index (χ1) is 11.0. The van der Waals surface area contributed by atoms with Crippen molar-refractivity contribution in [1.29, 1.82) is 0 Å². The fraction of sp³-hybridized carbons (Fsp3) is 0.714. The van der Waals surface area contributed by atoms with Crippen LogP contribution in [0.15, 0.2) is 17.3 Å². The van der Waals surface area contributed by atoms with Crippen LogP contribution in [0.5, 0.6) is 0 Å². The number of aromatic nitrogens is 2. The minimum Gasteiger partial charge on any atom is -0.368 e. The van der Waals surface area contributed by atoms with Gasteiger partial charge in [-0.1, -0.05) is 0 Å². The van der Waals surface area contributed by atoms with Crippen LogP contribution in [0.3, 0.4) is 0 Å². The second-order valence-corrected chi connectivity index (χ2v) is 7.87. The number of nitrogens with zero attached hydrogens (tertiary/aromatic N) is 4. The minimum absolute atomic E-state index is 0.0110. The van der Waals surface area contributed by atoms with Gasteiger partial charge in [-0.3, -0.25) is 9.48 Å². The van der Waals surface area contributed by atoms with E-state index in [9.17, 15) is 13.2 Å².